The number of hydrogen-bond acceptors (Lipinski definition) is 7. The highest BCUT2D eigenvalue weighted by atomic mass is 16.5. The van der Waals surface area contributed by atoms with Crippen molar-refractivity contribution >= 4 is 29.5 Å². The van der Waals surface area contributed by atoms with E-state index in [1.54, 1.807) is 19.8 Å². The van der Waals surface area contributed by atoms with E-state index in [2.05, 4.69) is 20.8 Å². The van der Waals surface area contributed by atoms with Gasteiger partial charge in [-0.05, 0) is 24.7 Å². The molecule has 1 fully saturated rings. The van der Waals surface area contributed by atoms with Gasteiger partial charge in [-0.25, -0.2) is 10.2 Å². The summed E-state index contributed by atoms with van der Waals surface area (Å²) in [5, 5.41) is 6.65. The van der Waals surface area contributed by atoms with Gasteiger partial charge >= 0.3 is 5.97 Å². The van der Waals surface area contributed by atoms with Crippen molar-refractivity contribution in [3.05, 3.63) is 0 Å². The van der Waals surface area contributed by atoms with E-state index in [4.69, 9.17) is 6.42 Å². The molecule has 1 aliphatic heterocycles. The van der Waals surface area contributed by atoms with Crippen LogP contribution in [0.4, 0.5) is 0 Å². The molecule has 10 heteroatoms. The van der Waals surface area contributed by atoms with Crippen LogP contribution in [0, 0.1) is 24.2 Å². The first kappa shape index (κ1) is 27.1. The van der Waals surface area contributed by atoms with Gasteiger partial charge in [0.15, 0.2) is 12.4 Å². The van der Waals surface area contributed by atoms with E-state index in [0.29, 0.717) is 25.8 Å². The Morgan fingerprint density at radius 2 is 1.88 bits per heavy atom. The maximum absolute atomic E-state index is 12.9. The van der Waals surface area contributed by atoms with Crippen molar-refractivity contribution in [2.24, 2.45) is 11.8 Å². The summed E-state index contributed by atoms with van der Waals surface area (Å²) < 4.78 is 4.67. The Balaban J connectivity index is 2.71. The molecule has 10 nitrogen and oxygen atoms in total. The summed E-state index contributed by atoms with van der Waals surface area (Å²) in [4.78, 5) is 60.9. The van der Waals surface area contributed by atoms with Gasteiger partial charge in [0.05, 0.1) is 6.04 Å². The van der Waals surface area contributed by atoms with Gasteiger partial charge in [0.1, 0.15) is 6.04 Å². The maximum atomic E-state index is 12.9. The first-order valence-electron chi connectivity index (χ1n) is 10.9. The summed E-state index contributed by atoms with van der Waals surface area (Å²) in [5.74, 6) is -0.690. The van der Waals surface area contributed by atoms with Crippen molar-refractivity contribution < 1.29 is 28.7 Å². The SMILES string of the molecule is C#CC(=O)OCC(=O)[C@H](NC(=O)[C@@H]1CCCNN1C(=O)CCNC(=O)CC(C)C)C(C)C. The zero-order valence-electron chi connectivity index (χ0n) is 19.2. The lowest BCUT2D eigenvalue weighted by molar-refractivity contribution is -0.148. The number of nitrogens with zero attached hydrogens (tertiary/aromatic N) is 1. The number of carbonyl (C=O) groups excluding carboxylic acids is 5. The molecule has 1 aliphatic rings. The lowest BCUT2D eigenvalue weighted by atomic mass is 9.98. The highest BCUT2D eigenvalue weighted by Gasteiger charge is 2.35. The number of ether oxygens (including phenoxy) is 1. The number of terminal acetylenes is 1. The second kappa shape index (κ2) is 13.5. The van der Waals surface area contributed by atoms with E-state index in [0.717, 1.165) is 0 Å². The van der Waals surface area contributed by atoms with Crippen LogP contribution in [0.3, 0.4) is 0 Å². The van der Waals surface area contributed by atoms with E-state index in [9.17, 15) is 24.0 Å². The molecule has 0 aromatic rings. The van der Waals surface area contributed by atoms with Gasteiger partial charge < -0.3 is 15.4 Å². The molecule has 0 radical (unpaired) electrons. The fourth-order valence-corrected chi connectivity index (χ4v) is 3.25. The lowest BCUT2D eigenvalue weighted by Crippen LogP contribution is -2.61. The number of esters is 1. The molecule has 1 heterocycles. The lowest BCUT2D eigenvalue weighted by Gasteiger charge is -2.36. The molecular formula is C22H34N4O6. The van der Waals surface area contributed by atoms with Crippen LogP contribution in [0.25, 0.3) is 0 Å². The third-order valence-electron chi connectivity index (χ3n) is 4.85. The summed E-state index contributed by atoms with van der Waals surface area (Å²) in [6.07, 6.45) is 6.43. The van der Waals surface area contributed by atoms with E-state index in [1.807, 2.05) is 13.8 Å². The molecule has 0 aromatic carbocycles. The van der Waals surface area contributed by atoms with Crippen LogP contribution in [0.15, 0.2) is 0 Å². The second-order valence-corrected chi connectivity index (χ2v) is 8.44. The molecule has 1 rings (SSSR count). The third kappa shape index (κ3) is 9.06. The van der Waals surface area contributed by atoms with Crippen LogP contribution in [-0.4, -0.2) is 66.3 Å². The average Bonchev–Trinajstić information content (AvgIpc) is 2.74. The van der Waals surface area contributed by atoms with Gasteiger partial charge in [0.25, 0.3) is 0 Å². The Morgan fingerprint density at radius 1 is 1.19 bits per heavy atom. The Hall–Kier alpha value is -2.93. The van der Waals surface area contributed by atoms with Crippen LogP contribution >= 0.6 is 0 Å². The number of hydrogen-bond donors (Lipinski definition) is 3. The van der Waals surface area contributed by atoms with Gasteiger partial charge in [-0.2, -0.15) is 0 Å². The smallest absolute Gasteiger partial charge is 0.384 e. The summed E-state index contributed by atoms with van der Waals surface area (Å²) in [7, 11) is 0. The molecule has 3 amide bonds. The molecular weight excluding hydrogens is 416 g/mol. The zero-order valence-corrected chi connectivity index (χ0v) is 19.2. The van der Waals surface area contributed by atoms with Gasteiger partial charge in [0, 0.05) is 31.9 Å². The number of rotatable bonds is 11. The van der Waals surface area contributed by atoms with Crippen molar-refractivity contribution in [2.75, 3.05) is 19.7 Å². The topological polar surface area (TPSA) is 134 Å². The highest BCUT2D eigenvalue weighted by molar-refractivity contribution is 5.95. The van der Waals surface area contributed by atoms with Crippen LogP contribution in [0.1, 0.15) is 53.4 Å². The summed E-state index contributed by atoms with van der Waals surface area (Å²) in [6.45, 7) is 7.50. The molecule has 0 aliphatic carbocycles. The van der Waals surface area contributed by atoms with E-state index >= 15 is 0 Å². The Labute approximate surface area is 189 Å². The van der Waals surface area contributed by atoms with E-state index in [1.165, 1.54) is 5.01 Å². The third-order valence-corrected chi connectivity index (χ3v) is 4.85. The molecule has 178 valence electrons. The molecule has 0 aromatic heterocycles. The van der Waals surface area contributed by atoms with E-state index < -0.39 is 36.4 Å². The Kier molecular flexibility index (Phi) is 11.4. The monoisotopic (exact) mass is 450 g/mol. The van der Waals surface area contributed by atoms with E-state index in [-0.39, 0.29) is 36.6 Å². The largest absolute Gasteiger partial charge is 0.448 e. The van der Waals surface area contributed by atoms with Gasteiger partial charge in [-0.1, -0.05) is 27.7 Å². The predicted octanol–water partition coefficient (Wildman–Crippen LogP) is -0.0793. The first-order valence-corrected chi connectivity index (χ1v) is 10.9. The normalized spacial score (nSPS) is 16.8. The minimum absolute atomic E-state index is 0.0369. The number of hydrazine groups is 1. The quantitative estimate of drug-likeness (QED) is 0.228. The van der Waals surface area contributed by atoms with Crippen LogP contribution in [0.5, 0.6) is 0 Å². The van der Waals surface area contributed by atoms with Gasteiger partial charge in [-0.3, -0.25) is 24.2 Å². The molecule has 2 atom stereocenters. The number of nitrogens with one attached hydrogen (secondary N) is 3. The zero-order chi connectivity index (χ0) is 24.3. The van der Waals surface area contributed by atoms with Crippen LogP contribution in [-0.2, 0) is 28.7 Å². The summed E-state index contributed by atoms with van der Waals surface area (Å²) >= 11 is 0. The van der Waals surface area contributed by atoms with Crippen LogP contribution in [0.2, 0.25) is 0 Å². The second-order valence-electron chi connectivity index (χ2n) is 8.44. The molecule has 0 unspecified atom stereocenters. The Morgan fingerprint density at radius 3 is 2.47 bits per heavy atom. The maximum Gasteiger partial charge on any atom is 0.384 e. The van der Waals surface area contributed by atoms with Crippen molar-refractivity contribution in [1.82, 2.24) is 21.1 Å². The van der Waals surface area contributed by atoms with Crippen molar-refractivity contribution in [3.8, 4) is 12.3 Å². The molecule has 0 spiro atoms. The summed E-state index contributed by atoms with van der Waals surface area (Å²) in [5.41, 5.74) is 2.93. The minimum atomic E-state index is -0.957. The number of ketones is 1. The summed E-state index contributed by atoms with van der Waals surface area (Å²) in [6, 6.07) is -1.70. The van der Waals surface area contributed by atoms with Crippen molar-refractivity contribution in [1.29, 1.82) is 0 Å². The molecule has 32 heavy (non-hydrogen) atoms. The highest BCUT2D eigenvalue weighted by Crippen LogP contribution is 2.14. The molecule has 0 bridgehead atoms. The molecule has 3 N–H and O–H groups in total. The molecule has 1 saturated heterocycles. The minimum Gasteiger partial charge on any atom is -0.448 e. The standard InChI is InChI=1S/C22H34N4O6/c1-6-20(30)32-13-17(27)21(15(4)5)25-22(31)16-8-7-10-24-26(16)19(29)9-11-23-18(28)12-14(2)3/h1,14-16,21,24H,7-13H2,2-5H3,(H,23,28)(H,25,31)/t16-,21+/m0/s1. The number of Topliss-reactive ketones (excluding diaryl/α,β-unsaturated/α-hetero) is 1. The Bertz CT molecular complexity index is 743. The molecule has 0 saturated carbocycles. The number of amides is 3. The first-order chi connectivity index (χ1) is 15.1. The fourth-order valence-electron chi connectivity index (χ4n) is 3.25. The fraction of sp³-hybridized carbons (Fsp3) is 0.682. The average molecular weight is 451 g/mol. The van der Waals surface area contributed by atoms with Crippen LogP contribution < -0.4 is 16.1 Å². The van der Waals surface area contributed by atoms with Gasteiger partial charge in [0.2, 0.25) is 17.7 Å². The van der Waals surface area contributed by atoms with Gasteiger partial charge in [-0.15, -0.1) is 6.42 Å². The number of carbonyl (C=O) groups is 5. The predicted molar refractivity (Wildman–Crippen MR) is 117 cm³/mol. The van der Waals surface area contributed by atoms with Crippen molar-refractivity contribution in [2.45, 2.75) is 65.5 Å². The van der Waals surface area contributed by atoms with Crippen molar-refractivity contribution in [3.63, 3.8) is 0 Å².